The van der Waals surface area contributed by atoms with Crippen LogP contribution in [0.3, 0.4) is 0 Å². The second-order valence-corrected chi connectivity index (χ2v) is 3.83. The topological polar surface area (TPSA) is 24.4 Å². The molecule has 2 nitrogen and oxygen atoms in total. The van der Waals surface area contributed by atoms with Gasteiger partial charge in [0, 0.05) is 11.8 Å². The van der Waals surface area contributed by atoms with Crippen LogP contribution in [0.25, 0.3) is 0 Å². The van der Waals surface area contributed by atoms with Crippen molar-refractivity contribution in [1.29, 1.82) is 0 Å². The summed E-state index contributed by atoms with van der Waals surface area (Å²) in [5.41, 5.74) is 0.865. The van der Waals surface area contributed by atoms with E-state index in [-0.39, 0.29) is 0 Å². The van der Waals surface area contributed by atoms with Gasteiger partial charge in [0.25, 0.3) is 0 Å². The molecular formula is C10H8Cl2N2. The lowest BCUT2D eigenvalue weighted by molar-refractivity contribution is 0.572. The van der Waals surface area contributed by atoms with Gasteiger partial charge in [0.05, 0.1) is 0 Å². The van der Waals surface area contributed by atoms with Crippen molar-refractivity contribution in [2.24, 2.45) is 4.99 Å². The van der Waals surface area contributed by atoms with Crippen LogP contribution in [0.5, 0.6) is 0 Å². The van der Waals surface area contributed by atoms with E-state index in [0.717, 1.165) is 5.56 Å². The van der Waals surface area contributed by atoms with Gasteiger partial charge in [0.15, 0.2) is 0 Å². The summed E-state index contributed by atoms with van der Waals surface area (Å²) in [5.74, 6) is 0. The number of rotatable bonds is 1. The molecule has 0 saturated carbocycles. The van der Waals surface area contributed by atoms with Crippen LogP contribution in [-0.2, 0) is 5.12 Å². The average Bonchev–Trinajstić information content (AvgIpc) is 2.19. The summed E-state index contributed by atoms with van der Waals surface area (Å²) in [6.45, 7) is 0. The molecule has 0 spiro atoms. The van der Waals surface area contributed by atoms with E-state index in [1.54, 1.807) is 12.3 Å². The molecule has 1 aromatic carbocycles. The van der Waals surface area contributed by atoms with E-state index in [4.69, 9.17) is 23.2 Å². The summed E-state index contributed by atoms with van der Waals surface area (Å²) in [6, 6.07) is 9.53. The third kappa shape index (κ3) is 1.76. The Kier molecular flexibility index (Phi) is 2.48. The lowest BCUT2D eigenvalue weighted by Crippen LogP contribution is -2.34. The Hall–Kier alpha value is -0.990. The van der Waals surface area contributed by atoms with Gasteiger partial charge in [-0.2, -0.15) is 0 Å². The van der Waals surface area contributed by atoms with E-state index in [9.17, 15) is 0 Å². The zero-order valence-corrected chi connectivity index (χ0v) is 8.76. The van der Waals surface area contributed by atoms with Crippen molar-refractivity contribution in [3.63, 3.8) is 0 Å². The number of hydrogen-bond donors (Lipinski definition) is 1. The van der Waals surface area contributed by atoms with Gasteiger partial charge in [-0.3, -0.25) is 0 Å². The maximum absolute atomic E-state index is 6.26. The lowest BCUT2D eigenvalue weighted by Gasteiger charge is -2.25. The van der Waals surface area contributed by atoms with Gasteiger partial charge >= 0.3 is 0 Å². The van der Waals surface area contributed by atoms with Crippen LogP contribution in [0.15, 0.2) is 47.6 Å². The fourth-order valence-electron chi connectivity index (χ4n) is 1.24. The first-order chi connectivity index (χ1) is 6.71. The molecule has 1 aliphatic rings. The number of hydrogen-bond acceptors (Lipinski definition) is 2. The van der Waals surface area contributed by atoms with Crippen LogP contribution in [0.1, 0.15) is 5.56 Å². The van der Waals surface area contributed by atoms with Crippen molar-refractivity contribution in [3.8, 4) is 0 Å². The van der Waals surface area contributed by atoms with Crippen LogP contribution < -0.4 is 5.32 Å². The first kappa shape index (κ1) is 9.56. The van der Waals surface area contributed by atoms with Gasteiger partial charge in [-0.25, -0.2) is 4.99 Å². The van der Waals surface area contributed by atoms with Crippen LogP contribution in [0, 0.1) is 0 Å². The number of alkyl halides is 1. The molecule has 4 heteroatoms. The Bertz CT molecular complexity index is 386. The monoisotopic (exact) mass is 226 g/mol. The normalized spacial score (nSPS) is 25.4. The molecule has 2 rings (SSSR count). The number of halogens is 2. The highest BCUT2D eigenvalue weighted by atomic mass is 35.5. The quantitative estimate of drug-likeness (QED) is 0.579. The van der Waals surface area contributed by atoms with Crippen molar-refractivity contribution in [2.75, 3.05) is 0 Å². The Balaban J connectivity index is 2.39. The predicted octanol–water partition coefficient (Wildman–Crippen LogP) is 2.79. The second-order valence-electron chi connectivity index (χ2n) is 2.90. The van der Waals surface area contributed by atoms with Gasteiger partial charge < -0.3 is 5.32 Å². The smallest absolute Gasteiger partial charge is 0.233 e. The minimum atomic E-state index is -0.965. The fraction of sp³-hybridized carbons (Fsp3) is 0.100. The van der Waals surface area contributed by atoms with Crippen molar-refractivity contribution in [1.82, 2.24) is 5.32 Å². The van der Waals surface area contributed by atoms with Gasteiger partial charge in [-0.05, 0) is 6.08 Å². The molecule has 0 amide bonds. The summed E-state index contributed by atoms with van der Waals surface area (Å²) >= 11 is 12.1. The Labute approximate surface area is 92.2 Å². The van der Waals surface area contributed by atoms with Crippen molar-refractivity contribution >= 4 is 28.4 Å². The van der Waals surface area contributed by atoms with Gasteiger partial charge in [-0.15, -0.1) is 0 Å². The highest BCUT2D eigenvalue weighted by molar-refractivity contribution is 6.68. The summed E-state index contributed by atoms with van der Waals surface area (Å²) in [7, 11) is 0. The minimum Gasteiger partial charge on any atom is -0.351 e. The first-order valence-corrected chi connectivity index (χ1v) is 4.90. The van der Waals surface area contributed by atoms with E-state index in [1.807, 2.05) is 30.3 Å². The van der Waals surface area contributed by atoms with Gasteiger partial charge in [-0.1, -0.05) is 53.5 Å². The molecule has 72 valence electrons. The number of benzene rings is 1. The third-order valence-electron chi connectivity index (χ3n) is 1.91. The SMILES string of the molecule is ClC1=NC(Cl)(c2ccccc2)NC=C1. The van der Waals surface area contributed by atoms with E-state index < -0.39 is 5.12 Å². The lowest BCUT2D eigenvalue weighted by atomic mass is 10.1. The number of nitrogens with zero attached hydrogens (tertiary/aromatic N) is 1. The summed E-state index contributed by atoms with van der Waals surface area (Å²) in [6.07, 6.45) is 3.35. The number of allylic oxidation sites excluding steroid dienone is 1. The summed E-state index contributed by atoms with van der Waals surface area (Å²) in [4.78, 5) is 4.13. The maximum atomic E-state index is 6.26. The zero-order valence-electron chi connectivity index (χ0n) is 7.24. The molecule has 0 radical (unpaired) electrons. The van der Waals surface area contributed by atoms with Crippen LogP contribution in [-0.4, -0.2) is 5.17 Å². The Morgan fingerprint density at radius 1 is 1.21 bits per heavy atom. The summed E-state index contributed by atoms with van der Waals surface area (Å²) < 4.78 is 0. The molecule has 14 heavy (non-hydrogen) atoms. The predicted molar refractivity (Wildman–Crippen MR) is 59.5 cm³/mol. The minimum absolute atomic E-state index is 0.391. The third-order valence-corrected chi connectivity index (χ3v) is 2.54. The van der Waals surface area contributed by atoms with Gasteiger partial charge in [0.2, 0.25) is 5.12 Å². The molecule has 0 fully saturated rings. The largest absolute Gasteiger partial charge is 0.351 e. The molecule has 1 N–H and O–H groups in total. The highest BCUT2D eigenvalue weighted by Crippen LogP contribution is 2.29. The molecule has 1 aromatic rings. The van der Waals surface area contributed by atoms with Crippen LogP contribution in [0.2, 0.25) is 0 Å². The Morgan fingerprint density at radius 3 is 2.57 bits per heavy atom. The Morgan fingerprint density at radius 2 is 1.93 bits per heavy atom. The molecule has 0 saturated heterocycles. The summed E-state index contributed by atoms with van der Waals surface area (Å²) in [5, 5.41) is 2.38. The fourth-order valence-corrected chi connectivity index (χ4v) is 1.76. The van der Waals surface area contributed by atoms with Gasteiger partial charge in [0.1, 0.15) is 5.17 Å². The molecule has 1 aliphatic heterocycles. The number of aliphatic imine (C=N–C) groups is 1. The van der Waals surface area contributed by atoms with E-state index in [2.05, 4.69) is 10.3 Å². The zero-order chi connectivity index (χ0) is 10.0. The van der Waals surface area contributed by atoms with Crippen LogP contribution in [0.4, 0.5) is 0 Å². The van der Waals surface area contributed by atoms with E-state index >= 15 is 0 Å². The molecule has 1 heterocycles. The van der Waals surface area contributed by atoms with E-state index in [0.29, 0.717) is 5.17 Å². The second kappa shape index (κ2) is 3.64. The molecule has 1 atom stereocenters. The molecular weight excluding hydrogens is 219 g/mol. The van der Waals surface area contributed by atoms with Crippen LogP contribution >= 0.6 is 23.2 Å². The van der Waals surface area contributed by atoms with Crippen molar-refractivity contribution in [3.05, 3.63) is 48.2 Å². The molecule has 0 aliphatic carbocycles. The number of nitrogens with one attached hydrogen (secondary N) is 1. The van der Waals surface area contributed by atoms with E-state index in [1.165, 1.54) is 0 Å². The molecule has 0 bridgehead atoms. The van der Waals surface area contributed by atoms with Crippen molar-refractivity contribution < 1.29 is 0 Å². The highest BCUT2D eigenvalue weighted by Gasteiger charge is 2.29. The molecule has 1 unspecified atom stereocenters. The average molecular weight is 227 g/mol. The molecule has 0 aromatic heterocycles. The first-order valence-electron chi connectivity index (χ1n) is 4.15. The maximum Gasteiger partial charge on any atom is 0.233 e. The standard InChI is InChI=1S/C10H8Cl2N2/c11-9-6-7-13-10(12,14-9)8-4-2-1-3-5-8/h1-7,13H. The van der Waals surface area contributed by atoms with Crippen molar-refractivity contribution in [2.45, 2.75) is 5.12 Å².